The van der Waals surface area contributed by atoms with E-state index in [1.165, 1.54) is 20.3 Å². The fraction of sp³-hybridized carbons (Fsp3) is 0.545. The van der Waals surface area contributed by atoms with Gasteiger partial charge in [0, 0.05) is 0 Å². The number of carbonyl (C=O) groups is 1. The van der Waals surface area contributed by atoms with Gasteiger partial charge in [0.1, 0.15) is 0 Å². The van der Waals surface area contributed by atoms with Crippen LogP contribution in [-0.2, 0) is 4.74 Å². The molecule has 0 aliphatic rings. The Bertz CT molecular complexity index is 371. The van der Waals surface area contributed by atoms with Gasteiger partial charge in [-0.25, -0.2) is 4.79 Å². The second-order valence-corrected chi connectivity index (χ2v) is 3.77. The van der Waals surface area contributed by atoms with Crippen molar-refractivity contribution in [3.8, 4) is 11.8 Å². The Balaban J connectivity index is 2.84. The summed E-state index contributed by atoms with van der Waals surface area (Å²) in [5, 5.41) is 0. The predicted octanol–water partition coefficient (Wildman–Crippen LogP) is 1.31. The molecule has 0 aromatic carbocycles. The SMILES string of the molecule is COc1cc(OC)nc(C(=O)OCC(C)C)n1. The molecule has 6 nitrogen and oxygen atoms in total. The average Bonchev–Trinajstić information content (AvgIpc) is 2.34. The van der Waals surface area contributed by atoms with E-state index in [1.54, 1.807) is 0 Å². The van der Waals surface area contributed by atoms with E-state index >= 15 is 0 Å². The fourth-order valence-electron chi connectivity index (χ4n) is 1.01. The molecule has 0 spiro atoms. The summed E-state index contributed by atoms with van der Waals surface area (Å²) in [5.74, 6) is 0.117. The van der Waals surface area contributed by atoms with E-state index in [9.17, 15) is 4.79 Å². The Hall–Kier alpha value is -1.85. The zero-order valence-corrected chi connectivity index (χ0v) is 10.4. The third kappa shape index (κ3) is 3.90. The first-order valence-electron chi connectivity index (χ1n) is 5.21. The summed E-state index contributed by atoms with van der Waals surface area (Å²) in [5.41, 5.74) is 0. The zero-order chi connectivity index (χ0) is 12.8. The summed E-state index contributed by atoms with van der Waals surface area (Å²) < 4.78 is 14.9. The summed E-state index contributed by atoms with van der Waals surface area (Å²) >= 11 is 0. The zero-order valence-electron chi connectivity index (χ0n) is 10.4. The minimum atomic E-state index is -0.587. The van der Waals surface area contributed by atoms with Gasteiger partial charge in [0.2, 0.25) is 17.6 Å². The molecular formula is C11H16N2O4. The highest BCUT2D eigenvalue weighted by Gasteiger charge is 2.15. The van der Waals surface area contributed by atoms with Crippen LogP contribution in [-0.4, -0.2) is 36.8 Å². The van der Waals surface area contributed by atoms with Crippen molar-refractivity contribution in [2.75, 3.05) is 20.8 Å². The number of hydrogen-bond donors (Lipinski definition) is 0. The van der Waals surface area contributed by atoms with Crippen LogP contribution in [0.1, 0.15) is 24.5 Å². The van der Waals surface area contributed by atoms with Gasteiger partial charge in [-0.15, -0.1) is 0 Å². The van der Waals surface area contributed by atoms with Crippen LogP contribution in [0.2, 0.25) is 0 Å². The Morgan fingerprint density at radius 3 is 2.18 bits per heavy atom. The number of methoxy groups -OCH3 is 2. The molecule has 6 heteroatoms. The molecule has 0 bridgehead atoms. The van der Waals surface area contributed by atoms with Gasteiger partial charge in [0.05, 0.1) is 26.9 Å². The van der Waals surface area contributed by atoms with Crippen LogP contribution >= 0.6 is 0 Å². The number of hydrogen-bond acceptors (Lipinski definition) is 6. The smallest absolute Gasteiger partial charge is 0.376 e. The van der Waals surface area contributed by atoms with E-state index in [0.29, 0.717) is 6.61 Å². The minimum absolute atomic E-state index is 0.0677. The van der Waals surface area contributed by atoms with Crippen LogP contribution in [0.5, 0.6) is 11.8 Å². The van der Waals surface area contributed by atoms with Gasteiger partial charge in [-0.1, -0.05) is 13.8 Å². The van der Waals surface area contributed by atoms with Gasteiger partial charge in [-0.2, -0.15) is 9.97 Å². The highest BCUT2D eigenvalue weighted by Crippen LogP contribution is 2.15. The Labute approximate surface area is 99.9 Å². The normalized spacial score (nSPS) is 10.2. The Morgan fingerprint density at radius 1 is 1.24 bits per heavy atom. The monoisotopic (exact) mass is 240 g/mol. The predicted molar refractivity (Wildman–Crippen MR) is 60.3 cm³/mol. The molecule has 17 heavy (non-hydrogen) atoms. The van der Waals surface area contributed by atoms with Gasteiger partial charge < -0.3 is 14.2 Å². The summed E-state index contributed by atoms with van der Waals surface area (Å²) in [6, 6.07) is 1.49. The number of aromatic nitrogens is 2. The van der Waals surface area contributed by atoms with Gasteiger partial charge >= 0.3 is 5.97 Å². The Kier molecular flexibility index (Phi) is 4.68. The van der Waals surface area contributed by atoms with Crippen molar-refractivity contribution < 1.29 is 19.0 Å². The van der Waals surface area contributed by atoms with E-state index in [4.69, 9.17) is 14.2 Å². The van der Waals surface area contributed by atoms with Gasteiger partial charge in [-0.05, 0) is 5.92 Å². The lowest BCUT2D eigenvalue weighted by Crippen LogP contribution is -2.14. The first-order valence-corrected chi connectivity index (χ1v) is 5.21. The van der Waals surface area contributed by atoms with Crippen LogP contribution in [0.4, 0.5) is 0 Å². The van der Waals surface area contributed by atoms with Crippen molar-refractivity contribution in [1.29, 1.82) is 0 Å². The van der Waals surface area contributed by atoms with Crippen LogP contribution in [0, 0.1) is 5.92 Å². The molecule has 0 saturated carbocycles. The maximum Gasteiger partial charge on any atom is 0.376 e. The van der Waals surface area contributed by atoms with Crippen LogP contribution in [0.3, 0.4) is 0 Å². The van der Waals surface area contributed by atoms with Crippen molar-refractivity contribution in [3.05, 3.63) is 11.9 Å². The van der Waals surface area contributed by atoms with E-state index in [1.807, 2.05) is 13.8 Å². The molecule has 1 rings (SSSR count). The minimum Gasteiger partial charge on any atom is -0.481 e. The highest BCUT2D eigenvalue weighted by molar-refractivity contribution is 5.85. The molecule has 94 valence electrons. The van der Waals surface area contributed by atoms with Crippen molar-refractivity contribution in [2.45, 2.75) is 13.8 Å². The first kappa shape index (κ1) is 13.2. The van der Waals surface area contributed by atoms with Crippen molar-refractivity contribution in [2.24, 2.45) is 5.92 Å². The lowest BCUT2D eigenvalue weighted by molar-refractivity contribution is 0.0442. The van der Waals surface area contributed by atoms with E-state index in [2.05, 4.69) is 9.97 Å². The standard InChI is InChI=1S/C11H16N2O4/c1-7(2)6-17-11(14)10-12-8(15-3)5-9(13-10)16-4/h5,7H,6H2,1-4H3. The lowest BCUT2D eigenvalue weighted by Gasteiger charge is -2.08. The highest BCUT2D eigenvalue weighted by atomic mass is 16.5. The molecule has 0 amide bonds. The topological polar surface area (TPSA) is 70.5 Å². The molecule has 0 aliphatic carbocycles. The largest absolute Gasteiger partial charge is 0.481 e. The number of nitrogens with zero attached hydrogens (tertiary/aromatic N) is 2. The molecule has 0 N–H and O–H groups in total. The molecule has 0 radical (unpaired) electrons. The second-order valence-electron chi connectivity index (χ2n) is 3.77. The molecule has 1 heterocycles. The van der Waals surface area contributed by atoms with Crippen LogP contribution in [0.15, 0.2) is 6.07 Å². The van der Waals surface area contributed by atoms with Crippen LogP contribution in [0.25, 0.3) is 0 Å². The van der Waals surface area contributed by atoms with Gasteiger partial charge in [0.25, 0.3) is 0 Å². The van der Waals surface area contributed by atoms with Crippen LogP contribution < -0.4 is 9.47 Å². The average molecular weight is 240 g/mol. The molecule has 0 saturated heterocycles. The quantitative estimate of drug-likeness (QED) is 0.722. The number of rotatable bonds is 5. The van der Waals surface area contributed by atoms with E-state index in [-0.39, 0.29) is 23.5 Å². The number of esters is 1. The van der Waals surface area contributed by atoms with Crippen molar-refractivity contribution in [1.82, 2.24) is 9.97 Å². The number of carbonyl (C=O) groups excluding carboxylic acids is 1. The molecule has 0 aliphatic heterocycles. The molecular weight excluding hydrogens is 224 g/mol. The molecule has 1 aromatic heterocycles. The van der Waals surface area contributed by atoms with E-state index in [0.717, 1.165) is 0 Å². The maximum atomic E-state index is 11.6. The third-order valence-electron chi connectivity index (χ3n) is 1.83. The van der Waals surface area contributed by atoms with Gasteiger partial charge in [0.15, 0.2) is 0 Å². The van der Waals surface area contributed by atoms with Gasteiger partial charge in [-0.3, -0.25) is 0 Å². The number of ether oxygens (including phenoxy) is 3. The lowest BCUT2D eigenvalue weighted by atomic mass is 10.2. The van der Waals surface area contributed by atoms with Crippen molar-refractivity contribution in [3.63, 3.8) is 0 Å². The Morgan fingerprint density at radius 2 is 1.76 bits per heavy atom. The molecule has 1 aromatic rings. The van der Waals surface area contributed by atoms with Crippen molar-refractivity contribution >= 4 is 5.97 Å². The summed E-state index contributed by atoms with van der Waals surface area (Å²) in [6.07, 6.45) is 0. The molecule has 0 unspecified atom stereocenters. The summed E-state index contributed by atoms with van der Waals surface area (Å²) in [7, 11) is 2.90. The second kappa shape index (κ2) is 6.03. The molecule has 0 fully saturated rings. The van der Waals surface area contributed by atoms with E-state index < -0.39 is 5.97 Å². The fourth-order valence-corrected chi connectivity index (χ4v) is 1.01. The summed E-state index contributed by atoms with van der Waals surface area (Å²) in [6.45, 7) is 4.21. The maximum absolute atomic E-state index is 11.6. The summed E-state index contributed by atoms with van der Waals surface area (Å²) in [4.78, 5) is 19.4. The molecule has 0 atom stereocenters. The third-order valence-corrected chi connectivity index (χ3v) is 1.83. The first-order chi connectivity index (χ1) is 8.06.